The molecule has 0 rings (SSSR count). The molecule has 0 N–H and O–H groups in total. The predicted molar refractivity (Wildman–Crippen MR) is 39.8 cm³/mol. The maximum absolute atomic E-state index is 10.9. The minimum Gasteiger partial charge on any atom is -0.339 e. The van der Waals surface area contributed by atoms with E-state index in [-0.39, 0.29) is 12.8 Å². The quantitative estimate of drug-likeness (QED) is 0.441. The molecule has 0 aromatic heterocycles. The van der Waals surface area contributed by atoms with Crippen molar-refractivity contribution in [3.05, 3.63) is 0 Å². The van der Waals surface area contributed by atoms with Crippen LogP contribution in [0.3, 0.4) is 0 Å². The molecule has 0 aliphatic rings. The van der Waals surface area contributed by atoms with E-state index in [2.05, 4.69) is 4.84 Å². The molecule has 5 heteroatoms. The van der Waals surface area contributed by atoms with Gasteiger partial charge in [0.05, 0.1) is 0 Å². The summed E-state index contributed by atoms with van der Waals surface area (Å²) in [6.07, 6.45) is 0.844. The van der Waals surface area contributed by atoms with E-state index in [4.69, 9.17) is 0 Å². The molecule has 0 saturated heterocycles. The van der Waals surface area contributed by atoms with Crippen molar-refractivity contribution in [1.29, 1.82) is 0 Å². The van der Waals surface area contributed by atoms with Crippen LogP contribution < -0.4 is 0 Å². The zero-order chi connectivity index (χ0) is 9.56. The summed E-state index contributed by atoms with van der Waals surface area (Å²) in [6.45, 7) is 1.20. The van der Waals surface area contributed by atoms with Crippen LogP contribution in [0.15, 0.2) is 0 Å². The fourth-order valence-corrected chi connectivity index (χ4v) is 0.584. The fourth-order valence-electron chi connectivity index (χ4n) is 0.584. The largest absolute Gasteiger partial charge is 0.339 e. The second kappa shape index (κ2) is 5.29. The number of hydrogen-bond donors (Lipinski definition) is 0. The number of nitrogens with zero attached hydrogens (tertiary/aromatic N) is 1. The molecular formula is C7H11NO4. The molecule has 0 heterocycles. The van der Waals surface area contributed by atoms with Gasteiger partial charge in [0.2, 0.25) is 0 Å². The second-order valence-corrected chi connectivity index (χ2v) is 2.18. The molecule has 0 unspecified atom stereocenters. The lowest BCUT2D eigenvalue weighted by atomic mass is 10.3. The SMILES string of the molecule is CC(=O)ON(C)C(=O)CCC=O. The van der Waals surface area contributed by atoms with Gasteiger partial charge in [-0.05, 0) is 0 Å². The van der Waals surface area contributed by atoms with Crippen LogP contribution in [0.25, 0.3) is 0 Å². The van der Waals surface area contributed by atoms with Gasteiger partial charge in [-0.1, -0.05) is 0 Å². The summed E-state index contributed by atoms with van der Waals surface area (Å²) in [4.78, 5) is 35.6. The van der Waals surface area contributed by atoms with E-state index in [1.165, 1.54) is 14.0 Å². The van der Waals surface area contributed by atoms with Crippen LogP contribution in [0.4, 0.5) is 0 Å². The summed E-state index contributed by atoms with van der Waals surface area (Å²) in [7, 11) is 1.33. The standard InChI is InChI=1S/C7H11NO4/c1-6(10)12-8(2)7(11)4-3-5-9/h5H,3-4H2,1-2H3. The van der Waals surface area contributed by atoms with Gasteiger partial charge < -0.3 is 9.63 Å². The highest BCUT2D eigenvalue weighted by molar-refractivity contribution is 5.78. The summed E-state index contributed by atoms with van der Waals surface area (Å²) in [5.74, 6) is -0.950. The average Bonchev–Trinajstić information content (AvgIpc) is 1.98. The molecule has 0 atom stereocenters. The maximum atomic E-state index is 10.9. The Morgan fingerprint density at radius 1 is 1.50 bits per heavy atom. The molecule has 1 amide bonds. The second-order valence-electron chi connectivity index (χ2n) is 2.18. The molecule has 0 saturated carbocycles. The number of rotatable bonds is 3. The number of carbonyl (C=O) groups excluding carboxylic acids is 3. The van der Waals surface area contributed by atoms with Gasteiger partial charge in [0.15, 0.2) is 0 Å². The Morgan fingerprint density at radius 3 is 2.50 bits per heavy atom. The van der Waals surface area contributed by atoms with Crippen LogP contribution in [0.2, 0.25) is 0 Å². The predicted octanol–water partition coefficient (Wildman–Crippen LogP) is -0.0980. The van der Waals surface area contributed by atoms with Crippen molar-refractivity contribution in [2.45, 2.75) is 19.8 Å². The first-order valence-electron chi connectivity index (χ1n) is 3.46. The topological polar surface area (TPSA) is 63.7 Å². The van der Waals surface area contributed by atoms with E-state index in [1.807, 2.05) is 0 Å². The summed E-state index contributed by atoms with van der Waals surface area (Å²) < 4.78 is 0. The minimum absolute atomic E-state index is 0.0628. The van der Waals surface area contributed by atoms with Crippen molar-refractivity contribution in [2.24, 2.45) is 0 Å². The Kier molecular flexibility index (Phi) is 4.67. The van der Waals surface area contributed by atoms with Crippen molar-refractivity contribution < 1.29 is 19.2 Å². The summed E-state index contributed by atoms with van der Waals surface area (Å²) in [6, 6.07) is 0. The van der Waals surface area contributed by atoms with Gasteiger partial charge in [-0.3, -0.25) is 9.59 Å². The van der Waals surface area contributed by atoms with E-state index in [0.717, 1.165) is 5.06 Å². The normalized spacial score (nSPS) is 8.83. The first-order valence-corrected chi connectivity index (χ1v) is 3.46. The highest BCUT2D eigenvalue weighted by atomic mass is 16.7. The van der Waals surface area contributed by atoms with E-state index >= 15 is 0 Å². The van der Waals surface area contributed by atoms with Crippen LogP contribution in [-0.4, -0.2) is 30.3 Å². The number of hydroxylamine groups is 2. The van der Waals surface area contributed by atoms with E-state index in [1.54, 1.807) is 0 Å². The zero-order valence-corrected chi connectivity index (χ0v) is 7.07. The molecule has 0 aromatic rings. The number of amides is 1. The van der Waals surface area contributed by atoms with Crippen LogP contribution in [0.1, 0.15) is 19.8 Å². The molecule has 0 fully saturated rings. The van der Waals surface area contributed by atoms with Crippen LogP contribution in [0.5, 0.6) is 0 Å². The number of carbonyl (C=O) groups is 3. The third-order valence-electron chi connectivity index (χ3n) is 1.09. The Bertz CT molecular complexity index is 190. The smallest absolute Gasteiger partial charge is 0.329 e. The van der Waals surface area contributed by atoms with E-state index in [0.29, 0.717) is 6.29 Å². The summed E-state index contributed by atoms with van der Waals surface area (Å²) in [5, 5.41) is 0.825. The van der Waals surface area contributed by atoms with Crippen molar-refractivity contribution in [2.75, 3.05) is 7.05 Å². The molecule has 0 spiro atoms. The fraction of sp³-hybridized carbons (Fsp3) is 0.571. The first kappa shape index (κ1) is 10.6. The lowest BCUT2D eigenvalue weighted by molar-refractivity contribution is -0.190. The highest BCUT2D eigenvalue weighted by Crippen LogP contribution is 1.94. The summed E-state index contributed by atoms with van der Waals surface area (Å²) in [5.41, 5.74) is 0. The van der Waals surface area contributed by atoms with Crippen molar-refractivity contribution in [1.82, 2.24) is 5.06 Å². The van der Waals surface area contributed by atoms with Gasteiger partial charge in [0.25, 0.3) is 5.91 Å². The molecule has 0 bridgehead atoms. The van der Waals surface area contributed by atoms with Crippen LogP contribution >= 0.6 is 0 Å². The molecule has 0 aromatic carbocycles. The molecule has 12 heavy (non-hydrogen) atoms. The molecule has 0 aliphatic carbocycles. The van der Waals surface area contributed by atoms with Crippen molar-refractivity contribution >= 4 is 18.2 Å². The summed E-state index contributed by atoms with van der Waals surface area (Å²) >= 11 is 0. The molecule has 68 valence electrons. The molecule has 0 aliphatic heterocycles. The van der Waals surface area contributed by atoms with Gasteiger partial charge in [0.1, 0.15) is 6.29 Å². The number of hydrogen-bond acceptors (Lipinski definition) is 4. The van der Waals surface area contributed by atoms with Crippen LogP contribution in [0, 0.1) is 0 Å². The van der Waals surface area contributed by atoms with Gasteiger partial charge in [-0.15, -0.1) is 0 Å². The highest BCUT2D eigenvalue weighted by Gasteiger charge is 2.10. The monoisotopic (exact) mass is 173 g/mol. The van der Waals surface area contributed by atoms with E-state index < -0.39 is 11.9 Å². The molecule has 0 radical (unpaired) electrons. The maximum Gasteiger partial charge on any atom is 0.329 e. The minimum atomic E-state index is -0.558. The van der Waals surface area contributed by atoms with Gasteiger partial charge >= 0.3 is 5.97 Å². The van der Waals surface area contributed by atoms with Gasteiger partial charge in [-0.2, -0.15) is 5.06 Å². The third-order valence-corrected chi connectivity index (χ3v) is 1.09. The Morgan fingerprint density at radius 2 is 2.08 bits per heavy atom. The Balaban J connectivity index is 3.76. The lowest BCUT2D eigenvalue weighted by Crippen LogP contribution is -2.28. The van der Waals surface area contributed by atoms with Gasteiger partial charge in [-0.25, -0.2) is 0 Å². The molecular weight excluding hydrogens is 162 g/mol. The average molecular weight is 173 g/mol. The third kappa shape index (κ3) is 4.43. The van der Waals surface area contributed by atoms with Gasteiger partial charge in [0, 0.05) is 26.8 Å². The van der Waals surface area contributed by atoms with Crippen molar-refractivity contribution in [3.63, 3.8) is 0 Å². The zero-order valence-electron chi connectivity index (χ0n) is 7.07. The Hall–Kier alpha value is -1.39. The van der Waals surface area contributed by atoms with E-state index in [9.17, 15) is 14.4 Å². The van der Waals surface area contributed by atoms with Crippen LogP contribution in [-0.2, 0) is 19.2 Å². The Labute approximate surface area is 70.2 Å². The number of aldehydes is 1. The van der Waals surface area contributed by atoms with Crippen molar-refractivity contribution in [3.8, 4) is 0 Å². The first-order chi connectivity index (χ1) is 5.57. The molecule has 5 nitrogen and oxygen atoms in total. The lowest BCUT2D eigenvalue weighted by Gasteiger charge is -2.13.